The zero-order valence-electron chi connectivity index (χ0n) is 32.2. The minimum atomic E-state index is -0.141. The van der Waals surface area contributed by atoms with E-state index >= 15 is 0 Å². The number of aryl methyl sites for hydroxylation is 1. The van der Waals surface area contributed by atoms with Crippen LogP contribution >= 0.6 is 0 Å². The fraction of sp³-hybridized carbons (Fsp3) is 0.231. The normalized spacial score (nSPS) is 16.1. The Bertz CT molecular complexity index is 2530. The zero-order valence-corrected chi connectivity index (χ0v) is 32.2. The number of benzene rings is 7. The third-order valence-electron chi connectivity index (χ3n) is 12.7. The summed E-state index contributed by atoms with van der Waals surface area (Å²) in [7, 11) is 0. The number of fused-ring (bicyclic) bond motifs is 5. The van der Waals surface area contributed by atoms with Crippen molar-refractivity contribution in [1.29, 1.82) is 0 Å². The molecule has 0 unspecified atom stereocenters. The second kappa shape index (κ2) is 12.1. The van der Waals surface area contributed by atoms with Crippen molar-refractivity contribution in [3.63, 3.8) is 0 Å². The molecule has 0 fully saturated rings. The molecule has 262 valence electrons. The quantitative estimate of drug-likeness (QED) is 0.174. The Kier molecular flexibility index (Phi) is 7.61. The van der Waals surface area contributed by atoms with Crippen LogP contribution in [0.4, 0.5) is 17.1 Å². The Morgan fingerprint density at radius 2 is 1.02 bits per heavy atom. The van der Waals surface area contributed by atoms with E-state index in [4.69, 9.17) is 0 Å². The summed E-state index contributed by atoms with van der Waals surface area (Å²) in [6, 6.07) is 54.7. The molecule has 0 spiro atoms. The van der Waals surface area contributed by atoms with Crippen LogP contribution in [-0.2, 0) is 16.2 Å². The fourth-order valence-electron chi connectivity index (χ4n) is 9.39. The van der Waals surface area contributed by atoms with Gasteiger partial charge in [0.15, 0.2) is 0 Å². The van der Waals surface area contributed by atoms with E-state index < -0.39 is 0 Å². The molecule has 2 aliphatic carbocycles. The first-order valence-electron chi connectivity index (χ1n) is 19.3. The van der Waals surface area contributed by atoms with E-state index in [9.17, 15) is 0 Å². The largest absolute Gasteiger partial charge is 0.310 e. The van der Waals surface area contributed by atoms with Crippen LogP contribution in [-0.4, -0.2) is 0 Å². The van der Waals surface area contributed by atoms with E-state index in [0.717, 1.165) is 5.69 Å². The molecule has 9 rings (SSSR count). The van der Waals surface area contributed by atoms with Crippen molar-refractivity contribution in [3.8, 4) is 33.4 Å². The van der Waals surface area contributed by atoms with E-state index in [-0.39, 0.29) is 16.2 Å². The molecule has 53 heavy (non-hydrogen) atoms. The van der Waals surface area contributed by atoms with Crippen LogP contribution in [0.3, 0.4) is 0 Å². The number of nitrogens with zero attached hydrogens (tertiary/aromatic N) is 1. The van der Waals surface area contributed by atoms with Gasteiger partial charge in [0.05, 0.1) is 5.69 Å². The number of rotatable bonds is 5. The Morgan fingerprint density at radius 1 is 0.434 bits per heavy atom. The summed E-state index contributed by atoms with van der Waals surface area (Å²) in [6.07, 6.45) is 2.37. The topological polar surface area (TPSA) is 3.24 Å². The monoisotopic (exact) mass is 687 g/mol. The summed E-state index contributed by atoms with van der Waals surface area (Å²) >= 11 is 0. The van der Waals surface area contributed by atoms with Crippen LogP contribution in [0.5, 0.6) is 0 Å². The molecule has 2 aliphatic rings. The minimum Gasteiger partial charge on any atom is -0.310 e. The maximum Gasteiger partial charge on any atom is 0.0543 e. The average Bonchev–Trinajstić information content (AvgIpc) is 3.39. The van der Waals surface area contributed by atoms with Gasteiger partial charge in [0, 0.05) is 22.4 Å². The van der Waals surface area contributed by atoms with Gasteiger partial charge in [-0.25, -0.2) is 0 Å². The first kappa shape index (κ1) is 33.4. The van der Waals surface area contributed by atoms with Gasteiger partial charge >= 0.3 is 0 Å². The summed E-state index contributed by atoms with van der Waals surface area (Å²) in [5.41, 5.74) is 18.4. The van der Waals surface area contributed by atoms with Crippen LogP contribution in [0.1, 0.15) is 82.2 Å². The smallest absolute Gasteiger partial charge is 0.0543 e. The molecule has 0 saturated carbocycles. The van der Waals surface area contributed by atoms with Crippen molar-refractivity contribution < 1.29 is 0 Å². The average molecular weight is 688 g/mol. The van der Waals surface area contributed by atoms with Gasteiger partial charge in [0.25, 0.3) is 0 Å². The number of anilines is 3. The highest BCUT2D eigenvalue weighted by Gasteiger charge is 2.40. The van der Waals surface area contributed by atoms with Gasteiger partial charge in [-0.3, -0.25) is 0 Å². The summed E-state index contributed by atoms with van der Waals surface area (Å²) < 4.78 is 0. The maximum atomic E-state index is 2.58. The molecule has 0 heterocycles. The highest BCUT2D eigenvalue weighted by Crippen LogP contribution is 2.55. The molecule has 1 nitrogen and oxygen atoms in total. The molecule has 0 atom stereocenters. The lowest BCUT2D eigenvalue weighted by atomic mass is 9.63. The van der Waals surface area contributed by atoms with Crippen molar-refractivity contribution in [2.45, 2.75) is 77.6 Å². The van der Waals surface area contributed by atoms with Gasteiger partial charge in [0.1, 0.15) is 0 Å². The van der Waals surface area contributed by atoms with Crippen LogP contribution in [0.15, 0.2) is 146 Å². The molecule has 0 N–H and O–H groups in total. The molecule has 0 aromatic heterocycles. The van der Waals surface area contributed by atoms with Crippen molar-refractivity contribution >= 4 is 27.8 Å². The fourth-order valence-corrected chi connectivity index (χ4v) is 9.39. The lowest BCUT2D eigenvalue weighted by Crippen LogP contribution is -2.34. The molecular formula is C52H49N. The Morgan fingerprint density at radius 3 is 1.77 bits per heavy atom. The summed E-state index contributed by atoms with van der Waals surface area (Å²) in [6.45, 7) is 16.9. The van der Waals surface area contributed by atoms with Crippen molar-refractivity contribution in [1.82, 2.24) is 0 Å². The SMILES string of the molecule is Cc1cc2c(cc1N(c1ccc(-c3ccccc3)cc1)c1cc3c(cc1-c1cccc4ccccc14)-c1ccccc1C3(C)C)C(C)(C)CCC2(C)C. The molecule has 0 saturated heterocycles. The van der Waals surface area contributed by atoms with Crippen LogP contribution in [0, 0.1) is 6.92 Å². The van der Waals surface area contributed by atoms with Gasteiger partial charge in [-0.1, -0.05) is 157 Å². The zero-order chi connectivity index (χ0) is 36.7. The van der Waals surface area contributed by atoms with E-state index in [1.807, 2.05) is 0 Å². The number of hydrogen-bond donors (Lipinski definition) is 0. The predicted molar refractivity (Wildman–Crippen MR) is 227 cm³/mol. The van der Waals surface area contributed by atoms with Gasteiger partial charge in [0.2, 0.25) is 0 Å². The highest BCUT2D eigenvalue weighted by molar-refractivity contribution is 6.04. The Balaban J connectivity index is 1.37. The third-order valence-corrected chi connectivity index (χ3v) is 12.7. The van der Waals surface area contributed by atoms with E-state index in [1.165, 1.54) is 96.2 Å². The van der Waals surface area contributed by atoms with E-state index in [0.29, 0.717) is 0 Å². The molecule has 7 aromatic carbocycles. The first-order valence-corrected chi connectivity index (χ1v) is 19.3. The highest BCUT2D eigenvalue weighted by atomic mass is 15.1. The lowest BCUT2D eigenvalue weighted by molar-refractivity contribution is 0.332. The molecule has 0 radical (unpaired) electrons. The minimum absolute atomic E-state index is 0.0795. The molecule has 0 amide bonds. The molecule has 0 aliphatic heterocycles. The number of hydrogen-bond acceptors (Lipinski definition) is 1. The Labute approximate surface area is 316 Å². The molecule has 0 bridgehead atoms. The van der Waals surface area contributed by atoms with Gasteiger partial charge in [-0.15, -0.1) is 0 Å². The van der Waals surface area contributed by atoms with Gasteiger partial charge in [-0.05, 0) is 127 Å². The van der Waals surface area contributed by atoms with Crippen molar-refractivity contribution in [2.24, 2.45) is 0 Å². The molecule has 1 heteroatoms. The first-order chi connectivity index (χ1) is 25.4. The molecular weight excluding hydrogens is 639 g/mol. The predicted octanol–water partition coefficient (Wildman–Crippen LogP) is 14.6. The van der Waals surface area contributed by atoms with Gasteiger partial charge in [-0.2, -0.15) is 0 Å². The summed E-state index contributed by atoms with van der Waals surface area (Å²) in [4.78, 5) is 2.58. The van der Waals surface area contributed by atoms with Crippen molar-refractivity contribution in [3.05, 3.63) is 173 Å². The molecule has 7 aromatic rings. The lowest BCUT2D eigenvalue weighted by Gasteiger charge is -2.43. The van der Waals surface area contributed by atoms with E-state index in [2.05, 4.69) is 199 Å². The summed E-state index contributed by atoms with van der Waals surface area (Å²) in [5, 5.41) is 2.52. The van der Waals surface area contributed by atoms with Crippen LogP contribution < -0.4 is 4.90 Å². The van der Waals surface area contributed by atoms with E-state index in [1.54, 1.807) is 0 Å². The second-order valence-electron chi connectivity index (χ2n) is 17.3. The van der Waals surface area contributed by atoms with Crippen molar-refractivity contribution in [2.75, 3.05) is 4.90 Å². The van der Waals surface area contributed by atoms with Crippen LogP contribution in [0.25, 0.3) is 44.2 Å². The standard InChI is InChI=1S/C52H49N/c1-34-30-46-47(51(4,5)29-28-50(46,2)3)33-48(34)53(38-26-24-36(25-27-38)35-16-9-8-10-17-35)49-32-45-42(41-21-13-14-23-44(41)52(45,6)7)31-43(49)40-22-15-19-37-18-11-12-20-39(37)40/h8-27,30-33H,28-29H2,1-7H3. The van der Waals surface area contributed by atoms with Crippen LogP contribution in [0.2, 0.25) is 0 Å². The second-order valence-corrected chi connectivity index (χ2v) is 17.3. The third kappa shape index (κ3) is 5.35. The summed E-state index contributed by atoms with van der Waals surface area (Å²) in [5.74, 6) is 0. The van der Waals surface area contributed by atoms with Gasteiger partial charge < -0.3 is 4.90 Å². The Hall–Kier alpha value is -5.40. The maximum absolute atomic E-state index is 2.58.